The van der Waals surface area contributed by atoms with E-state index >= 15 is 0 Å². The lowest BCUT2D eigenvalue weighted by atomic mass is 10.2. The first-order valence-electron chi connectivity index (χ1n) is 8.20. The van der Waals surface area contributed by atoms with Crippen LogP contribution in [-0.2, 0) is 21.5 Å². The largest absolute Gasteiger partial charge is 0.484 e. The van der Waals surface area contributed by atoms with Gasteiger partial charge in [0.25, 0.3) is 5.91 Å². The molecular weight excluding hydrogens is 354 g/mol. The Labute approximate surface area is 154 Å². The quantitative estimate of drug-likeness (QED) is 0.662. The summed E-state index contributed by atoms with van der Waals surface area (Å²) in [6.07, 6.45) is 0.991. The van der Waals surface area contributed by atoms with Crippen molar-refractivity contribution >= 4 is 16.0 Å². The molecule has 0 N–H and O–H groups in total. The molecule has 140 valence electrons. The lowest BCUT2D eigenvalue weighted by Crippen LogP contribution is -2.39. The molecule has 2 rings (SSSR count). The average Bonchev–Trinajstić information content (AvgIpc) is 2.57. The van der Waals surface area contributed by atoms with Crippen LogP contribution in [0, 0.1) is 0 Å². The Morgan fingerprint density at radius 3 is 2.31 bits per heavy atom. The molecule has 6 nitrogen and oxygen atoms in total. The SMILES string of the molecule is CC(C)N(Cc1cccc(OS(C)(=O)=O)c1)C(=O)COc1ccccc1. The highest BCUT2D eigenvalue weighted by molar-refractivity contribution is 7.86. The minimum Gasteiger partial charge on any atom is -0.484 e. The van der Waals surface area contributed by atoms with Crippen molar-refractivity contribution in [1.82, 2.24) is 4.90 Å². The fourth-order valence-corrected chi connectivity index (χ4v) is 2.82. The van der Waals surface area contributed by atoms with Gasteiger partial charge in [-0.1, -0.05) is 30.3 Å². The number of benzene rings is 2. The zero-order chi connectivity index (χ0) is 19.2. The second-order valence-corrected chi connectivity index (χ2v) is 7.73. The Kier molecular flexibility index (Phi) is 6.63. The van der Waals surface area contributed by atoms with Crippen molar-refractivity contribution in [1.29, 1.82) is 0 Å². The van der Waals surface area contributed by atoms with Gasteiger partial charge in [0.2, 0.25) is 0 Å². The lowest BCUT2D eigenvalue weighted by molar-refractivity contribution is -0.135. The van der Waals surface area contributed by atoms with Gasteiger partial charge in [-0.05, 0) is 43.7 Å². The minimum atomic E-state index is -3.59. The molecule has 1 amide bonds. The Bertz CT molecular complexity index is 834. The van der Waals surface area contributed by atoms with Gasteiger partial charge in [0, 0.05) is 12.6 Å². The zero-order valence-electron chi connectivity index (χ0n) is 15.1. The van der Waals surface area contributed by atoms with Gasteiger partial charge in [-0.3, -0.25) is 4.79 Å². The van der Waals surface area contributed by atoms with Crippen LogP contribution in [0.25, 0.3) is 0 Å². The van der Waals surface area contributed by atoms with Crippen LogP contribution in [0.3, 0.4) is 0 Å². The van der Waals surface area contributed by atoms with E-state index in [2.05, 4.69) is 0 Å². The van der Waals surface area contributed by atoms with Crippen LogP contribution in [0.1, 0.15) is 19.4 Å². The summed E-state index contributed by atoms with van der Waals surface area (Å²) in [5.41, 5.74) is 0.771. The fraction of sp³-hybridized carbons (Fsp3) is 0.316. The Morgan fingerprint density at radius 2 is 1.69 bits per heavy atom. The molecule has 0 aliphatic rings. The Morgan fingerprint density at radius 1 is 1.04 bits per heavy atom. The first-order chi connectivity index (χ1) is 12.2. The van der Waals surface area contributed by atoms with Crippen molar-refractivity contribution in [2.24, 2.45) is 0 Å². The molecule has 7 heteroatoms. The maximum Gasteiger partial charge on any atom is 0.306 e. The van der Waals surface area contributed by atoms with E-state index in [0.29, 0.717) is 12.3 Å². The van der Waals surface area contributed by atoms with E-state index in [4.69, 9.17) is 8.92 Å². The third-order valence-corrected chi connectivity index (χ3v) is 4.04. The smallest absolute Gasteiger partial charge is 0.306 e. The van der Waals surface area contributed by atoms with Gasteiger partial charge in [0.05, 0.1) is 6.26 Å². The highest BCUT2D eigenvalue weighted by atomic mass is 32.2. The van der Waals surface area contributed by atoms with Gasteiger partial charge in [-0.25, -0.2) is 0 Å². The molecule has 0 aliphatic carbocycles. The van der Waals surface area contributed by atoms with Crippen LogP contribution >= 0.6 is 0 Å². The number of para-hydroxylation sites is 1. The molecule has 0 fully saturated rings. The van der Waals surface area contributed by atoms with Gasteiger partial charge in [-0.15, -0.1) is 0 Å². The predicted molar refractivity (Wildman–Crippen MR) is 99.5 cm³/mol. The first-order valence-corrected chi connectivity index (χ1v) is 10.0. The van der Waals surface area contributed by atoms with E-state index in [9.17, 15) is 13.2 Å². The number of hydrogen-bond donors (Lipinski definition) is 0. The van der Waals surface area contributed by atoms with Crippen molar-refractivity contribution in [3.63, 3.8) is 0 Å². The molecule has 0 unspecified atom stereocenters. The second-order valence-electron chi connectivity index (χ2n) is 6.15. The molecule has 0 saturated heterocycles. The molecule has 0 aromatic heterocycles. The van der Waals surface area contributed by atoms with E-state index < -0.39 is 10.1 Å². The van der Waals surface area contributed by atoms with Gasteiger partial charge in [-0.2, -0.15) is 8.42 Å². The minimum absolute atomic E-state index is 0.0404. The third kappa shape index (κ3) is 6.40. The predicted octanol–water partition coefficient (Wildman–Crippen LogP) is 2.84. The van der Waals surface area contributed by atoms with Crippen molar-refractivity contribution in [3.05, 3.63) is 60.2 Å². The van der Waals surface area contributed by atoms with Crippen LogP contribution in [0.2, 0.25) is 0 Å². The van der Waals surface area contributed by atoms with E-state index in [1.54, 1.807) is 35.2 Å². The number of rotatable bonds is 8. The highest BCUT2D eigenvalue weighted by Gasteiger charge is 2.18. The fourth-order valence-electron chi connectivity index (χ4n) is 2.37. The summed E-state index contributed by atoms with van der Waals surface area (Å²) < 4.78 is 33.0. The van der Waals surface area contributed by atoms with Crippen LogP contribution in [0.15, 0.2) is 54.6 Å². The molecule has 2 aromatic rings. The highest BCUT2D eigenvalue weighted by Crippen LogP contribution is 2.18. The van der Waals surface area contributed by atoms with Gasteiger partial charge < -0.3 is 13.8 Å². The number of carbonyl (C=O) groups excluding carboxylic acids is 1. The van der Waals surface area contributed by atoms with Crippen molar-refractivity contribution in [2.75, 3.05) is 12.9 Å². The Balaban J connectivity index is 2.05. The number of ether oxygens (including phenoxy) is 1. The summed E-state index contributed by atoms with van der Waals surface area (Å²) >= 11 is 0. The van der Waals surface area contributed by atoms with E-state index in [1.165, 1.54) is 0 Å². The summed E-state index contributed by atoms with van der Waals surface area (Å²) in [5, 5.41) is 0. The first kappa shape index (κ1) is 19.8. The van der Waals surface area contributed by atoms with Crippen LogP contribution in [0.4, 0.5) is 0 Å². The van der Waals surface area contributed by atoms with E-state index in [0.717, 1.165) is 11.8 Å². The van der Waals surface area contributed by atoms with Gasteiger partial charge >= 0.3 is 10.1 Å². The van der Waals surface area contributed by atoms with Crippen LogP contribution in [-0.4, -0.2) is 38.1 Å². The summed E-state index contributed by atoms with van der Waals surface area (Å²) in [7, 11) is -3.59. The molecule has 0 bridgehead atoms. The molecule has 0 spiro atoms. The van der Waals surface area contributed by atoms with Crippen molar-refractivity contribution in [3.8, 4) is 11.5 Å². The summed E-state index contributed by atoms with van der Waals surface area (Å²) in [5.74, 6) is 0.702. The average molecular weight is 377 g/mol. The summed E-state index contributed by atoms with van der Waals surface area (Å²) in [6.45, 7) is 4.09. The maximum atomic E-state index is 12.5. The third-order valence-electron chi connectivity index (χ3n) is 3.55. The lowest BCUT2D eigenvalue weighted by Gasteiger charge is -2.27. The van der Waals surface area contributed by atoms with E-state index in [1.807, 2.05) is 38.1 Å². The maximum absolute atomic E-state index is 12.5. The molecule has 0 aliphatic heterocycles. The number of nitrogens with zero attached hydrogens (tertiary/aromatic N) is 1. The van der Waals surface area contributed by atoms with Gasteiger partial charge in [0.15, 0.2) is 6.61 Å². The molecule has 0 atom stereocenters. The molecule has 2 aromatic carbocycles. The number of hydrogen-bond acceptors (Lipinski definition) is 5. The molecular formula is C19H23NO5S. The number of carbonyl (C=O) groups is 1. The zero-order valence-corrected chi connectivity index (χ0v) is 15.9. The van der Waals surface area contributed by atoms with Crippen LogP contribution < -0.4 is 8.92 Å². The van der Waals surface area contributed by atoms with Crippen molar-refractivity contribution < 1.29 is 22.1 Å². The molecule has 0 radical (unpaired) electrons. The topological polar surface area (TPSA) is 72.9 Å². The molecule has 26 heavy (non-hydrogen) atoms. The molecule has 0 heterocycles. The number of amides is 1. The van der Waals surface area contributed by atoms with Crippen LogP contribution in [0.5, 0.6) is 11.5 Å². The van der Waals surface area contributed by atoms with Gasteiger partial charge in [0.1, 0.15) is 11.5 Å². The second kappa shape index (κ2) is 8.71. The molecule has 0 saturated carbocycles. The normalized spacial score (nSPS) is 11.2. The van der Waals surface area contributed by atoms with E-state index in [-0.39, 0.29) is 24.3 Å². The monoisotopic (exact) mass is 377 g/mol. The standard InChI is InChI=1S/C19H23NO5S/c1-15(2)20(19(21)14-24-17-9-5-4-6-10-17)13-16-8-7-11-18(12-16)25-26(3,22)23/h4-12,15H,13-14H2,1-3H3. The Hall–Kier alpha value is -2.54. The summed E-state index contributed by atoms with van der Waals surface area (Å²) in [6, 6.07) is 15.8. The summed E-state index contributed by atoms with van der Waals surface area (Å²) in [4.78, 5) is 14.2. The van der Waals surface area contributed by atoms with Crippen molar-refractivity contribution in [2.45, 2.75) is 26.4 Å².